The maximum absolute atomic E-state index is 11.9. The molecule has 2 rings (SSSR count). The first-order valence-electron chi connectivity index (χ1n) is 6.60. The van der Waals surface area contributed by atoms with E-state index in [1.165, 1.54) is 12.1 Å². The van der Waals surface area contributed by atoms with Gasteiger partial charge in [0.05, 0.1) is 6.04 Å². The molecule has 0 saturated heterocycles. The van der Waals surface area contributed by atoms with Crippen LogP contribution in [0.2, 0.25) is 0 Å². The molecule has 6 nitrogen and oxygen atoms in total. The van der Waals surface area contributed by atoms with E-state index in [9.17, 15) is 9.59 Å². The summed E-state index contributed by atoms with van der Waals surface area (Å²) < 4.78 is 5.59. The Morgan fingerprint density at radius 3 is 2.62 bits per heavy atom. The molecule has 1 aromatic carbocycles. The fourth-order valence-electron chi connectivity index (χ4n) is 1.67. The molecule has 1 unspecified atom stereocenters. The summed E-state index contributed by atoms with van der Waals surface area (Å²) in [6.07, 6.45) is 0. The number of nitrogens with zero attached hydrogens (tertiary/aromatic N) is 1. The average molecular weight is 287 g/mol. The molecule has 1 heterocycles. The molecule has 0 radical (unpaired) electrons. The number of benzene rings is 1. The summed E-state index contributed by atoms with van der Waals surface area (Å²) in [5.74, 6) is 0.398. The van der Waals surface area contributed by atoms with Crippen LogP contribution >= 0.6 is 0 Å². The van der Waals surface area contributed by atoms with Crippen LogP contribution in [-0.2, 0) is 0 Å². The normalized spacial score (nSPS) is 11.7. The summed E-state index contributed by atoms with van der Waals surface area (Å²) in [5, 5.41) is 8.64. The smallest absolute Gasteiger partial charge is 0.272 e. The third kappa shape index (κ3) is 4.45. The lowest BCUT2D eigenvalue weighted by molar-refractivity contribution is 0.0920. The van der Waals surface area contributed by atoms with Crippen molar-refractivity contribution in [2.24, 2.45) is 0 Å². The molecule has 1 aromatic heterocycles. The zero-order valence-corrected chi connectivity index (χ0v) is 11.9. The van der Waals surface area contributed by atoms with Crippen molar-refractivity contribution < 1.29 is 9.53 Å². The van der Waals surface area contributed by atoms with Crippen LogP contribution in [0.1, 0.15) is 23.0 Å². The summed E-state index contributed by atoms with van der Waals surface area (Å²) in [4.78, 5) is 22.8. The molecule has 21 heavy (non-hydrogen) atoms. The number of nitrogens with one attached hydrogen (secondary N) is 2. The Kier molecular flexibility index (Phi) is 4.71. The van der Waals surface area contributed by atoms with Gasteiger partial charge in [-0.3, -0.25) is 9.59 Å². The lowest BCUT2D eigenvalue weighted by Crippen LogP contribution is -2.37. The van der Waals surface area contributed by atoms with Crippen LogP contribution in [0.3, 0.4) is 0 Å². The van der Waals surface area contributed by atoms with E-state index in [1.807, 2.05) is 38.1 Å². The van der Waals surface area contributed by atoms with Gasteiger partial charge >= 0.3 is 0 Å². The molecule has 110 valence electrons. The van der Waals surface area contributed by atoms with Crippen molar-refractivity contribution in [1.29, 1.82) is 0 Å². The minimum absolute atomic E-state index is 0.164. The number of aryl methyl sites for hydroxylation is 1. The van der Waals surface area contributed by atoms with Crippen LogP contribution in [0, 0.1) is 6.92 Å². The van der Waals surface area contributed by atoms with Gasteiger partial charge in [0.15, 0.2) is 0 Å². The Hall–Kier alpha value is -2.63. The van der Waals surface area contributed by atoms with Gasteiger partial charge in [0.25, 0.3) is 11.5 Å². The van der Waals surface area contributed by atoms with Crippen LogP contribution in [0.5, 0.6) is 5.75 Å². The second kappa shape index (κ2) is 6.69. The Morgan fingerprint density at radius 2 is 2.00 bits per heavy atom. The highest BCUT2D eigenvalue weighted by molar-refractivity contribution is 5.92. The number of hydrogen-bond donors (Lipinski definition) is 2. The van der Waals surface area contributed by atoms with Crippen molar-refractivity contribution in [3.8, 4) is 5.75 Å². The SMILES string of the molecule is Cc1ccc(OCC(C)NC(=O)c2ccc(=O)[nH]n2)cc1. The van der Waals surface area contributed by atoms with Gasteiger partial charge in [0, 0.05) is 6.07 Å². The van der Waals surface area contributed by atoms with E-state index in [4.69, 9.17) is 4.74 Å². The molecule has 1 atom stereocenters. The number of carbonyl (C=O) groups is 1. The number of aromatic amines is 1. The second-order valence-corrected chi connectivity index (χ2v) is 4.80. The molecule has 6 heteroatoms. The first-order chi connectivity index (χ1) is 10.0. The Morgan fingerprint density at radius 1 is 1.29 bits per heavy atom. The topological polar surface area (TPSA) is 84.1 Å². The van der Waals surface area contributed by atoms with E-state index in [1.54, 1.807) is 0 Å². The maximum atomic E-state index is 11.9. The van der Waals surface area contributed by atoms with Gasteiger partial charge in [-0.1, -0.05) is 17.7 Å². The summed E-state index contributed by atoms with van der Waals surface area (Å²) >= 11 is 0. The minimum Gasteiger partial charge on any atom is -0.491 e. The van der Waals surface area contributed by atoms with Gasteiger partial charge in [0.2, 0.25) is 0 Å². The Labute approximate surface area is 122 Å². The first-order valence-corrected chi connectivity index (χ1v) is 6.60. The predicted octanol–water partition coefficient (Wildman–Crippen LogP) is 1.28. The van der Waals surface area contributed by atoms with Crippen molar-refractivity contribution >= 4 is 5.91 Å². The third-order valence-electron chi connectivity index (χ3n) is 2.81. The second-order valence-electron chi connectivity index (χ2n) is 4.80. The molecular weight excluding hydrogens is 270 g/mol. The fourth-order valence-corrected chi connectivity index (χ4v) is 1.67. The monoisotopic (exact) mass is 287 g/mol. The first kappa shape index (κ1) is 14.8. The van der Waals surface area contributed by atoms with E-state index in [0.717, 1.165) is 11.3 Å². The molecule has 0 fully saturated rings. The van der Waals surface area contributed by atoms with E-state index >= 15 is 0 Å². The van der Waals surface area contributed by atoms with Gasteiger partial charge < -0.3 is 10.1 Å². The van der Waals surface area contributed by atoms with Crippen molar-refractivity contribution in [1.82, 2.24) is 15.5 Å². The zero-order valence-electron chi connectivity index (χ0n) is 11.9. The fraction of sp³-hybridized carbons (Fsp3) is 0.267. The van der Waals surface area contributed by atoms with Gasteiger partial charge in [-0.25, -0.2) is 5.10 Å². The van der Waals surface area contributed by atoms with Crippen molar-refractivity contribution in [3.63, 3.8) is 0 Å². The van der Waals surface area contributed by atoms with Crippen LogP contribution in [0.15, 0.2) is 41.2 Å². The zero-order chi connectivity index (χ0) is 15.2. The highest BCUT2D eigenvalue weighted by Crippen LogP contribution is 2.11. The molecule has 0 aliphatic carbocycles. The van der Waals surface area contributed by atoms with E-state index in [-0.39, 0.29) is 23.2 Å². The largest absolute Gasteiger partial charge is 0.491 e. The van der Waals surface area contributed by atoms with Crippen LogP contribution < -0.4 is 15.6 Å². The number of rotatable bonds is 5. The van der Waals surface area contributed by atoms with Crippen molar-refractivity contribution in [2.45, 2.75) is 19.9 Å². The van der Waals surface area contributed by atoms with Gasteiger partial charge in [-0.05, 0) is 32.0 Å². The molecule has 2 aromatic rings. The molecule has 0 bridgehead atoms. The highest BCUT2D eigenvalue weighted by atomic mass is 16.5. The maximum Gasteiger partial charge on any atom is 0.272 e. The Balaban J connectivity index is 1.85. The molecule has 0 aliphatic rings. The number of amides is 1. The molecule has 2 N–H and O–H groups in total. The van der Waals surface area contributed by atoms with Crippen molar-refractivity contribution in [2.75, 3.05) is 6.61 Å². The van der Waals surface area contributed by atoms with Gasteiger partial charge in [0.1, 0.15) is 18.1 Å². The summed E-state index contributed by atoms with van der Waals surface area (Å²) in [6.45, 7) is 4.18. The van der Waals surface area contributed by atoms with E-state index < -0.39 is 0 Å². The average Bonchev–Trinajstić information content (AvgIpc) is 2.47. The number of aromatic nitrogens is 2. The van der Waals surface area contributed by atoms with Crippen LogP contribution in [-0.4, -0.2) is 28.8 Å². The molecule has 0 aliphatic heterocycles. The summed E-state index contributed by atoms with van der Waals surface area (Å²) in [6, 6.07) is 10.1. The number of H-pyrrole nitrogens is 1. The minimum atomic E-state index is -0.355. The van der Waals surface area contributed by atoms with E-state index in [2.05, 4.69) is 15.5 Å². The number of carbonyl (C=O) groups excluding carboxylic acids is 1. The van der Waals surface area contributed by atoms with Gasteiger partial charge in [-0.15, -0.1) is 0 Å². The summed E-state index contributed by atoms with van der Waals surface area (Å²) in [5.41, 5.74) is 0.979. The third-order valence-corrected chi connectivity index (χ3v) is 2.81. The Bertz CT molecular complexity index is 644. The predicted molar refractivity (Wildman–Crippen MR) is 78.5 cm³/mol. The molecule has 0 saturated carbocycles. The molecule has 1 amide bonds. The quantitative estimate of drug-likeness (QED) is 0.867. The number of hydrogen-bond acceptors (Lipinski definition) is 4. The highest BCUT2D eigenvalue weighted by Gasteiger charge is 2.11. The number of ether oxygens (including phenoxy) is 1. The van der Waals surface area contributed by atoms with Crippen LogP contribution in [0.25, 0.3) is 0 Å². The molecule has 0 spiro atoms. The van der Waals surface area contributed by atoms with Crippen molar-refractivity contribution in [3.05, 3.63) is 58.0 Å². The van der Waals surface area contributed by atoms with E-state index in [0.29, 0.717) is 6.61 Å². The van der Waals surface area contributed by atoms with Crippen LogP contribution in [0.4, 0.5) is 0 Å². The standard InChI is InChI=1S/C15H17N3O3/c1-10-3-5-12(6-4-10)21-9-11(2)16-15(20)13-7-8-14(19)18-17-13/h3-8,11H,9H2,1-2H3,(H,16,20)(H,18,19). The lowest BCUT2D eigenvalue weighted by Gasteiger charge is -2.14. The van der Waals surface area contributed by atoms with Gasteiger partial charge in [-0.2, -0.15) is 5.10 Å². The lowest BCUT2D eigenvalue weighted by atomic mass is 10.2. The summed E-state index contributed by atoms with van der Waals surface area (Å²) in [7, 11) is 0. The molecular formula is C15H17N3O3.